The molecule has 0 aliphatic heterocycles. The number of hydrogen-bond acceptors (Lipinski definition) is 6. The lowest BCUT2D eigenvalue weighted by molar-refractivity contribution is -0.135. The summed E-state index contributed by atoms with van der Waals surface area (Å²) in [5.41, 5.74) is 5.19. The minimum Gasteiger partial charge on any atom is -0.493 e. The summed E-state index contributed by atoms with van der Waals surface area (Å²) in [6.45, 7) is 2.11. The predicted molar refractivity (Wildman–Crippen MR) is 107 cm³/mol. The average Bonchev–Trinajstić information content (AvgIpc) is 3.54. The van der Waals surface area contributed by atoms with E-state index in [9.17, 15) is 9.59 Å². The van der Waals surface area contributed by atoms with E-state index in [-0.39, 0.29) is 24.3 Å². The summed E-state index contributed by atoms with van der Waals surface area (Å²) in [7, 11) is 1.50. The van der Waals surface area contributed by atoms with Gasteiger partial charge in [-0.2, -0.15) is 5.10 Å². The van der Waals surface area contributed by atoms with Crippen LogP contribution in [0, 0.1) is 12.8 Å². The van der Waals surface area contributed by atoms with Gasteiger partial charge < -0.3 is 14.8 Å². The molecule has 0 bridgehead atoms. The molecule has 0 saturated heterocycles. The van der Waals surface area contributed by atoms with Crippen molar-refractivity contribution in [3.63, 3.8) is 0 Å². The van der Waals surface area contributed by atoms with Gasteiger partial charge in [0.25, 0.3) is 5.91 Å². The van der Waals surface area contributed by atoms with Gasteiger partial charge in [-0.05, 0) is 55.7 Å². The number of carbonyl (C=O) groups excluding carboxylic acids is 2. The highest BCUT2D eigenvalue weighted by molar-refractivity contribution is 5.85. The first-order valence-corrected chi connectivity index (χ1v) is 9.07. The fourth-order valence-corrected chi connectivity index (χ4v) is 2.43. The molecular weight excluding hydrogens is 358 g/mol. The maximum absolute atomic E-state index is 11.9. The summed E-state index contributed by atoms with van der Waals surface area (Å²) < 4.78 is 10.6. The monoisotopic (exact) mass is 381 g/mol. The lowest BCUT2D eigenvalue weighted by Crippen LogP contribution is -2.25. The quantitative estimate of drug-likeness (QED) is 0.318. The number of methoxy groups -OCH3 is 1. The molecule has 146 valence electrons. The molecule has 0 aromatic heterocycles. The fraction of sp³-hybridized carbons (Fsp3) is 0.286. The molecule has 1 saturated carbocycles. The molecule has 0 radical (unpaired) electrons. The number of benzene rings is 2. The predicted octanol–water partition coefficient (Wildman–Crippen LogP) is 2.88. The van der Waals surface area contributed by atoms with Crippen LogP contribution >= 0.6 is 0 Å². The number of nitrogens with one attached hydrogen (secondary N) is 2. The van der Waals surface area contributed by atoms with Crippen molar-refractivity contribution in [2.45, 2.75) is 19.8 Å². The summed E-state index contributed by atoms with van der Waals surface area (Å²) >= 11 is 0. The Kier molecular flexibility index (Phi) is 6.26. The molecule has 7 nitrogen and oxygen atoms in total. The van der Waals surface area contributed by atoms with Gasteiger partial charge in [0.05, 0.1) is 25.8 Å². The van der Waals surface area contributed by atoms with Gasteiger partial charge in [0.15, 0.2) is 11.5 Å². The first kappa shape index (κ1) is 19.4. The van der Waals surface area contributed by atoms with Crippen LogP contribution in [0.4, 0.5) is 5.69 Å². The topological polar surface area (TPSA) is 89.0 Å². The SMILES string of the molecule is COc1cc(/C=N\NC(=O)CNc2ccc(C)cc2)ccc1OC(=O)C1CC1. The Morgan fingerprint density at radius 3 is 2.57 bits per heavy atom. The number of hydrazone groups is 1. The molecule has 1 aliphatic carbocycles. The van der Waals surface area contributed by atoms with Crippen LogP contribution in [-0.2, 0) is 9.59 Å². The van der Waals surface area contributed by atoms with E-state index in [1.165, 1.54) is 13.3 Å². The Morgan fingerprint density at radius 1 is 1.14 bits per heavy atom. The summed E-state index contributed by atoms with van der Waals surface area (Å²) in [5, 5.41) is 6.97. The molecular formula is C21H23N3O4. The van der Waals surface area contributed by atoms with Crippen molar-refractivity contribution in [1.29, 1.82) is 0 Å². The lowest BCUT2D eigenvalue weighted by Gasteiger charge is -2.09. The summed E-state index contributed by atoms with van der Waals surface area (Å²) in [5.74, 6) is 0.328. The van der Waals surface area contributed by atoms with Crippen molar-refractivity contribution in [3.05, 3.63) is 53.6 Å². The summed E-state index contributed by atoms with van der Waals surface area (Å²) in [4.78, 5) is 23.7. The maximum atomic E-state index is 11.9. The maximum Gasteiger partial charge on any atom is 0.314 e. The summed E-state index contributed by atoms with van der Waals surface area (Å²) in [6, 6.07) is 12.8. The molecule has 0 unspecified atom stereocenters. The number of esters is 1. The molecule has 1 fully saturated rings. The van der Waals surface area contributed by atoms with E-state index in [2.05, 4.69) is 15.8 Å². The second kappa shape index (κ2) is 9.03. The number of rotatable bonds is 8. The number of nitrogens with zero attached hydrogens (tertiary/aromatic N) is 1. The second-order valence-corrected chi connectivity index (χ2v) is 6.62. The van der Waals surface area contributed by atoms with Crippen LogP contribution in [0.25, 0.3) is 0 Å². The van der Waals surface area contributed by atoms with Gasteiger partial charge in [0, 0.05) is 5.69 Å². The van der Waals surface area contributed by atoms with E-state index in [4.69, 9.17) is 9.47 Å². The van der Waals surface area contributed by atoms with E-state index < -0.39 is 0 Å². The number of carbonyl (C=O) groups is 2. The Hall–Kier alpha value is -3.35. The van der Waals surface area contributed by atoms with Gasteiger partial charge in [-0.15, -0.1) is 0 Å². The van der Waals surface area contributed by atoms with Gasteiger partial charge in [0.2, 0.25) is 0 Å². The third kappa shape index (κ3) is 5.57. The number of aryl methyl sites for hydroxylation is 1. The molecule has 0 atom stereocenters. The normalized spacial score (nSPS) is 13.2. The van der Waals surface area contributed by atoms with Crippen molar-refractivity contribution in [1.82, 2.24) is 5.43 Å². The third-order valence-electron chi connectivity index (χ3n) is 4.22. The highest BCUT2D eigenvalue weighted by atomic mass is 16.6. The molecule has 1 aliphatic rings. The number of hydrogen-bond donors (Lipinski definition) is 2. The Labute approximate surface area is 163 Å². The zero-order chi connectivity index (χ0) is 19.9. The highest BCUT2D eigenvalue weighted by Gasteiger charge is 2.32. The molecule has 7 heteroatoms. The van der Waals surface area contributed by atoms with Crippen LogP contribution in [0.2, 0.25) is 0 Å². The van der Waals surface area contributed by atoms with E-state index in [0.717, 1.165) is 24.1 Å². The van der Waals surface area contributed by atoms with Crippen LogP contribution < -0.4 is 20.2 Å². The largest absolute Gasteiger partial charge is 0.493 e. The molecule has 28 heavy (non-hydrogen) atoms. The van der Waals surface area contributed by atoms with E-state index in [0.29, 0.717) is 17.1 Å². The van der Waals surface area contributed by atoms with Crippen molar-refractivity contribution < 1.29 is 19.1 Å². The van der Waals surface area contributed by atoms with Crippen LogP contribution in [0.3, 0.4) is 0 Å². The number of amides is 1. The van der Waals surface area contributed by atoms with Crippen molar-refractivity contribution >= 4 is 23.8 Å². The number of ether oxygens (including phenoxy) is 2. The average molecular weight is 381 g/mol. The highest BCUT2D eigenvalue weighted by Crippen LogP contribution is 2.34. The molecule has 1 amide bonds. The van der Waals surface area contributed by atoms with Gasteiger partial charge in [-0.1, -0.05) is 17.7 Å². The zero-order valence-electron chi connectivity index (χ0n) is 15.9. The first-order chi connectivity index (χ1) is 13.5. The smallest absolute Gasteiger partial charge is 0.314 e. The van der Waals surface area contributed by atoms with Gasteiger partial charge >= 0.3 is 5.97 Å². The van der Waals surface area contributed by atoms with E-state index in [1.54, 1.807) is 18.2 Å². The van der Waals surface area contributed by atoms with Crippen LogP contribution in [-0.4, -0.2) is 31.7 Å². The van der Waals surface area contributed by atoms with Gasteiger partial charge in [-0.25, -0.2) is 5.43 Å². The Bertz CT molecular complexity index is 874. The molecule has 2 aromatic carbocycles. The Morgan fingerprint density at radius 2 is 1.89 bits per heavy atom. The minimum absolute atomic E-state index is 0.00896. The minimum atomic E-state index is -0.265. The van der Waals surface area contributed by atoms with Crippen LogP contribution in [0.5, 0.6) is 11.5 Å². The van der Waals surface area contributed by atoms with Crippen molar-refractivity contribution in [3.8, 4) is 11.5 Å². The lowest BCUT2D eigenvalue weighted by atomic mass is 10.2. The van der Waals surface area contributed by atoms with Crippen LogP contribution in [0.1, 0.15) is 24.0 Å². The van der Waals surface area contributed by atoms with Gasteiger partial charge in [0.1, 0.15) is 0 Å². The first-order valence-electron chi connectivity index (χ1n) is 9.07. The molecule has 2 N–H and O–H groups in total. The standard InChI is InChI=1S/C21H23N3O4/c1-14-3-8-17(9-4-14)22-13-20(25)24-23-12-15-5-10-18(19(11-15)27-2)28-21(26)16-6-7-16/h3-5,8-12,16,22H,6-7,13H2,1-2H3,(H,24,25)/b23-12-. The van der Waals surface area contributed by atoms with E-state index >= 15 is 0 Å². The molecule has 0 heterocycles. The second-order valence-electron chi connectivity index (χ2n) is 6.62. The van der Waals surface area contributed by atoms with Gasteiger partial charge in [-0.3, -0.25) is 9.59 Å². The van der Waals surface area contributed by atoms with Crippen molar-refractivity contribution in [2.75, 3.05) is 19.0 Å². The Balaban J connectivity index is 1.50. The van der Waals surface area contributed by atoms with E-state index in [1.807, 2.05) is 31.2 Å². The van der Waals surface area contributed by atoms with Crippen molar-refractivity contribution in [2.24, 2.45) is 11.0 Å². The number of anilines is 1. The van der Waals surface area contributed by atoms with Crippen LogP contribution in [0.15, 0.2) is 47.6 Å². The molecule has 0 spiro atoms. The zero-order valence-corrected chi connectivity index (χ0v) is 15.9. The summed E-state index contributed by atoms with van der Waals surface area (Å²) in [6.07, 6.45) is 3.26. The molecule has 2 aromatic rings. The molecule has 3 rings (SSSR count). The third-order valence-corrected chi connectivity index (χ3v) is 4.22. The fourth-order valence-electron chi connectivity index (χ4n) is 2.43.